The van der Waals surface area contributed by atoms with Crippen LogP contribution in [0.5, 0.6) is 0 Å². The Bertz CT molecular complexity index is 959. The second-order valence-corrected chi connectivity index (χ2v) is 16.1. The summed E-state index contributed by atoms with van der Waals surface area (Å²) in [6.07, 6.45) is 40.3. The van der Waals surface area contributed by atoms with Gasteiger partial charge in [-0.3, -0.25) is 13.8 Å². The summed E-state index contributed by atoms with van der Waals surface area (Å²) < 4.78 is 23.4. The SMILES string of the molecule is CCCCC/C=C/CC/C=C/CC/C=C/C(O)C(COP(=O)(O)OCC[N+](C)(C)C)NC(=O)CCCCCCC/C=C\CCCCCCCC. The van der Waals surface area contributed by atoms with Crippen LogP contribution in [0, 0.1) is 0 Å². The molecule has 0 rings (SSSR count). The van der Waals surface area contributed by atoms with Crippen molar-refractivity contribution in [2.75, 3.05) is 40.9 Å². The van der Waals surface area contributed by atoms with E-state index in [0.29, 0.717) is 17.4 Å². The van der Waals surface area contributed by atoms with Gasteiger partial charge in [0.2, 0.25) is 5.91 Å². The molecule has 0 heterocycles. The number of quaternary nitrogens is 1. The molecule has 0 aliphatic carbocycles. The zero-order chi connectivity index (χ0) is 37.2. The van der Waals surface area contributed by atoms with E-state index in [1.54, 1.807) is 6.08 Å². The summed E-state index contributed by atoms with van der Waals surface area (Å²) in [5.74, 6) is -0.204. The first-order valence-corrected chi connectivity index (χ1v) is 21.5. The van der Waals surface area contributed by atoms with E-state index in [1.807, 2.05) is 27.2 Å². The Hall–Kier alpha value is -1.54. The molecule has 0 aliphatic heterocycles. The third-order valence-electron chi connectivity index (χ3n) is 8.50. The molecule has 0 bridgehead atoms. The van der Waals surface area contributed by atoms with Crippen LogP contribution in [0.1, 0.15) is 155 Å². The normalized spacial score (nSPS) is 15.1. The van der Waals surface area contributed by atoms with Crippen LogP contribution >= 0.6 is 7.82 Å². The van der Waals surface area contributed by atoms with Gasteiger partial charge in [0.1, 0.15) is 13.2 Å². The van der Waals surface area contributed by atoms with Crippen molar-refractivity contribution in [2.45, 2.75) is 167 Å². The van der Waals surface area contributed by atoms with E-state index in [2.05, 4.69) is 55.6 Å². The lowest BCUT2D eigenvalue weighted by Crippen LogP contribution is -2.45. The third-order valence-corrected chi connectivity index (χ3v) is 9.48. The van der Waals surface area contributed by atoms with E-state index in [0.717, 1.165) is 64.2 Å². The zero-order valence-electron chi connectivity index (χ0n) is 32.9. The maximum absolute atomic E-state index is 12.8. The minimum atomic E-state index is -4.34. The molecule has 0 aromatic heterocycles. The number of allylic oxidation sites excluding steroid dienone is 7. The van der Waals surface area contributed by atoms with Gasteiger partial charge in [-0.2, -0.15) is 0 Å². The van der Waals surface area contributed by atoms with Crippen molar-refractivity contribution in [1.29, 1.82) is 0 Å². The van der Waals surface area contributed by atoms with Gasteiger partial charge < -0.3 is 19.8 Å². The summed E-state index contributed by atoms with van der Waals surface area (Å²) in [5, 5.41) is 13.7. The number of aliphatic hydroxyl groups is 1. The van der Waals surface area contributed by atoms with Crippen molar-refractivity contribution in [1.82, 2.24) is 5.32 Å². The van der Waals surface area contributed by atoms with Crippen molar-refractivity contribution >= 4 is 13.7 Å². The minimum Gasteiger partial charge on any atom is -0.387 e. The number of rotatable bonds is 35. The monoisotopic (exact) mass is 726 g/mol. The number of carbonyl (C=O) groups is 1. The van der Waals surface area contributed by atoms with Crippen molar-refractivity contribution in [3.8, 4) is 0 Å². The molecule has 0 aromatic rings. The average molecular weight is 726 g/mol. The van der Waals surface area contributed by atoms with E-state index in [4.69, 9.17) is 9.05 Å². The molecular weight excluding hydrogens is 647 g/mol. The summed E-state index contributed by atoms with van der Waals surface area (Å²) in [5.41, 5.74) is 0. The standard InChI is InChI=1S/C41H77N2O6P/c1-6-8-10-12-14-16-18-20-21-23-25-27-29-31-33-35-41(45)42-39(38-49-50(46,47)48-37-36-43(3,4)5)40(44)34-32-30-28-26-24-22-19-17-15-13-11-9-7-2/h15,17,20-21,24,26,32,34,39-40,44H,6-14,16,18-19,22-23,25,27-31,33,35-38H2,1-5H3,(H-,42,45,46,47)/p+1/b17-15+,21-20-,26-24+,34-32+. The summed E-state index contributed by atoms with van der Waals surface area (Å²) >= 11 is 0. The number of likely N-dealkylation sites (N-methyl/N-ethyl adjacent to an activating group) is 1. The lowest BCUT2D eigenvalue weighted by atomic mass is 10.1. The molecule has 0 saturated heterocycles. The molecule has 0 fully saturated rings. The highest BCUT2D eigenvalue weighted by atomic mass is 31.2. The fraction of sp³-hybridized carbons (Fsp3) is 0.780. The molecule has 3 unspecified atom stereocenters. The van der Waals surface area contributed by atoms with Crippen molar-refractivity contribution < 1.29 is 32.9 Å². The number of amides is 1. The maximum Gasteiger partial charge on any atom is 0.472 e. The van der Waals surface area contributed by atoms with Gasteiger partial charge in [-0.05, 0) is 70.6 Å². The van der Waals surface area contributed by atoms with E-state index >= 15 is 0 Å². The lowest BCUT2D eigenvalue weighted by Gasteiger charge is -2.25. The quantitative estimate of drug-likeness (QED) is 0.0260. The van der Waals surface area contributed by atoms with Crippen LogP contribution < -0.4 is 5.32 Å². The van der Waals surface area contributed by atoms with Gasteiger partial charge in [-0.25, -0.2) is 4.57 Å². The zero-order valence-corrected chi connectivity index (χ0v) is 33.8. The van der Waals surface area contributed by atoms with Crippen LogP contribution in [-0.2, 0) is 18.4 Å². The first-order chi connectivity index (χ1) is 24.0. The second-order valence-electron chi connectivity index (χ2n) is 14.6. The minimum absolute atomic E-state index is 0.0506. The lowest BCUT2D eigenvalue weighted by molar-refractivity contribution is -0.870. The van der Waals surface area contributed by atoms with Crippen LogP contribution in [0.15, 0.2) is 48.6 Å². The molecule has 50 heavy (non-hydrogen) atoms. The molecule has 3 atom stereocenters. The molecule has 292 valence electrons. The number of unbranched alkanes of at least 4 members (excludes halogenated alkanes) is 16. The topological polar surface area (TPSA) is 105 Å². The van der Waals surface area contributed by atoms with Gasteiger partial charge in [0.25, 0.3) is 0 Å². The molecule has 0 aliphatic rings. The Morgan fingerprint density at radius 2 is 1.10 bits per heavy atom. The van der Waals surface area contributed by atoms with Gasteiger partial charge in [0, 0.05) is 6.42 Å². The van der Waals surface area contributed by atoms with E-state index in [1.165, 1.54) is 70.6 Å². The highest BCUT2D eigenvalue weighted by molar-refractivity contribution is 7.47. The summed E-state index contributed by atoms with van der Waals surface area (Å²) in [6.45, 7) is 4.71. The Kier molecular flexibility index (Phi) is 32.3. The highest BCUT2D eigenvalue weighted by Crippen LogP contribution is 2.43. The highest BCUT2D eigenvalue weighted by Gasteiger charge is 2.27. The van der Waals surface area contributed by atoms with Crippen molar-refractivity contribution in [3.05, 3.63) is 48.6 Å². The number of nitrogens with one attached hydrogen (secondary N) is 1. The van der Waals surface area contributed by atoms with E-state index in [-0.39, 0.29) is 19.1 Å². The number of hydrogen-bond acceptors (Lipinski definition) is 5. The molecule has 0 saturated carbocycles. The van der Waals surface area contributed by atoms with Crippen molar-refractivity contribution in [2.24, 2.45) is 0 Å². The fourth-order valence-corrected chi connectivity index (χ4v) is 5.98. The smallest absolute Gasteiger partial charge is 0.387 e. The van der Waals surface area contributed by atoms with Crippen LogP contribution in [0.2, 0.25) is 0 Å². The van der Waals surface area contributed by atoms with Crippen LogP contribution in [-0.4, -0.2) is 73.4 Å². The van der Waals surface area contributed by atoms with E-state index < -0.39 is 20.0 Å². The van der Waals surface area contributed by atoms with Crippen LogP contribution in [0.25, 0.3) is 0 Å². The number of aliphatic hydroxyl groups excluding tert-OH is 1. The van der Waals surface area contributed by atoms with E-state index in [9.17, 15) is 19.4 Å². The molecular formula is C41H78N2O6P+. The third kappa shape index (κ3) is 34.9. The number of carbonyl (C=O) groups excluding carboxylic acids is 1. The molecule has 0 radical (unpaired) electrons. The number of phosphoric ester groups is 1. The predicted octanol–water partition coefficient (Wildman–Crippen LogP) is 10.5. The summed E-state index contributed by atoms with van der Waals surface area (Å²) in [4.78, 5) is 23.0. The predicted molar refractivity (Wildman–Crippen MR) is 212 cm³/mol. The Balaban J connectivity index is 4.59. The van der Waals surface area contributed by atoms with Gasteiger partial charge in [-0.15, -0.1) is 0 Å². The first-order valence-electron chi connectivity index (χ1n) is 20.0. The first kappa shape index (κ1) is 48.5. The Morgan fingerprint density at radius 3 is 1.64 bits per heavy atom. The van der Waals surface area contributed by atoms with Gasteiger partial charge in [-0.1, -0.05) is 127 Å². The van der Waals surface area contributed by atoms with Crippen LogP contribution in [0.4, 0.5) is 0 Å². The number of phosphoric acid groups is 1. The Labute approximate surface area is 308 Å². The van der Waals surface area contributed by atoms with Gasteiger partial charge >= 0.3 is 7.82 Å². The van der Waals surface area contributed by atoms with Gasteiger partial charge in [0.05, 0.1) is 39.9 Å². The molecule has 3 N–H and O–H groups in total. The largest absolute Gasteiger partial charge is 0.472 e. The summed E-state index contributed by atoms with van der Waals surface area (Å²) in [7, 11) is 1.53. The van der Waals surface area contributed by atoms with Gasteiger partial charge in [0.15, 0.2) is 0 Å². The number of nitrogens with zero attached hydrogens (tertiary/aromatic N) is 1. The molecule has 0 spiro atoms. The number of hydrogen-bond donors (Lipinski definition) is 3. The van der Waals surface area contributed by atoms with Crippen LogP contribution in [0.3, 0.4) is 0 Å². The summed E-state index contributed by atoms with van der Waals surface area (Å²) in [6, 6.07) is -0.871. The second kappa shape index (κ2) is 33.3. The molecule has 8 nitrogen and oxygen atoms in total. The molecule has 1 amide bonds. The average Bonchev–Trinajstić information content (AvgIpc) is 3.06. The van der Waals surface area contributed by atoms with Crippen molar-refractivity contribution in [3.63, 3.8) is 0 Å². The Morgan fingerprint density at radius 1 is 0.660 bits per heavy atom. The molecule has 0 aromatic carbocycles. The maximum atomic E-state index is 12.8. The molecule has 9 heteroatoms. The fourth-order valence-electron chi connectivity index (χ4n) is 5.24.